The van der Waals surface area contributed by atoms with Crippen molar-refractivity contribution in [3.8, 4) is 0 Å². The van der Waals surface area contributed by atoms with Crippen LogP contribution in [0.2, 0.25) is 0 Å². The maximum atomic E-state index is 4.91. The van der Waals surface area contributed by atoms with Crippen molar-refractivity contribution in [2.45, 2.75) is 38.8 Å². The van der Waals surface area contributed by atoms with Crippen LogP contribution < -0.4 is 5.32 Å². The molecule has 2 fully saturated rings. The van der Waals surface area contributed by atoms with Gasteiger partial charge in [0.05, 0.1) is 0 Å². The molecule has 0 spiro atoms. The van der Waals surface area contributed by atoms with Crippen molar-refractivity contribution in [1.29, 1.82) is 0 Å². The van der Waals surface area contributed by atoms with Gasteiger partial charge in [-0.3, -0.25) is 4.99 Å². The minimum absolute atomic E-state index is 0.731. The van der Waals surface area contributed by atoms with Gasteiger partial charge in [0.15, 0.2) is 5.96 Å². The van der Waals surface area contributed by atoms with E-state index in [0.29, 0.717) is 0 Å². The predicted octanol–water partition coefficient (Wildman–Crippen LogP) is 2.57. The number of benzene rings is 1. The van der Waals surface area contributed by atoms with Crippen molar-refractivity contribution in [2.24, 2.45) is 10.9 Å². The highest BCUT2D eigenvalue weighted by Gasteiger charge is 2.34. The Morgan fingerprint density at radius 1 is 1.26 bits per heavy atom. The van der Waals surface area contributed by atoms with Gasteiger partial charge in [0.25, 0.3) is 0 Å². The number of nitrogens with zero attached hydrogens (tertiary/aromatic N) is 3. The Kier molecular flexibility index (Phi) is 5.55. The van der Waals surface area contributed by atoms with Gasteiger partial charge < -0.3 is 15.1 Å². The number of rotatable bonds is 6. The topological polar surface area (TPSA) is 30.9 Å². The number of nitrogens with one attached hydrogen (secondary N) is 1. The van der Waals surface area contributed by atoms with Gasteiger partial charge in [0, 0.05) is 39.3 Å². The van der Waals surface area contributed by atoms with E-state index in [1.54, 1.807) is 0 Å². The lowest BCUT2D eigenvalue weighted by Gasteiger charge is -2.23. The summed E-state index contributed by atoms with van der Waals surface area (Å²) in [7, 11) is 2.12. The highest BCUT2D eigenvalue weighted by Crippen LogP contribution is 2.31. The highest BCUT2D eigenvalue weighted by molar-refractivity contribution is 5.79. The number of guanidine groups is 1. The normalized spacial score (nSPS) is 22.3. The molecule has 0 bridgehead atoms. The number of hydrogen-bond acceptors (Lipinski definition) is 2. The van der Waals surface area contributed by atoms with Crippen LogP contribution >= 0.6 is 0 Å². The van der Waals surface area contributed by atoms with Gasteiger partial charge >= 0.3 is 0 Å². The van der Waals surface area contributed by atoms with E-state index in [0.717, 1.165) is 37.6 Å². The molecule has 4 heteroatoms. The van der Waals surface area contributed by atoms with Gasteiger partial charge in [0.2, 0.25) is 0 Å². The van der Waals surface area contributed by atoms with Crippen LogP contribution in [0, 0.1) is 5.92 Å². The molecule has 1 aromatic rings. The summed E-state index contributed by atoms with van der Waals surface area (Å²) < 4.78 is 0. The zero-order valence-electron chi connectivity index (χ0n) is 14.5. The van der Waals surface area contributed by atoms with Crippen LogP contribution in [0.5, 0.6) is 0 Å². The monoisotopic (exact) mass is 314 g/mol. The van der Waals surface area contributed by atoms with E-state index in [-0.39, 0.29) is 0 Å². The Labute approximate surface area is 140 Å². The zero-order valence-corrected chi connectivity index (χ0v) is 14.5. The number of likely N-dealkylation sites (tertiary alicyclic amines) is 1. The van der Waals surface area contributed by atoms with Crippen LogP contribution in [0.4, 0.5) is 0 Å². The van der Waals surface area contributed by atoms with Crippen molar-refractivity contribution in [3.63, 3.8) is 0 Å². The third-order valence-corrected chi connectivity index (χ3v) is 4.84. The van der Waals surface area contributed by atoms with Crippen molar-refractivity contribution < 1.29 is 0 Å². The fourth-order valence-electron chi connectivity index (χ4n) is 3.40. The van der Waals surface area contributed by atoms with Crippen molar-refractivity contribution in [2.75, 3.05) is 33.2 Å². The summed E-state index contributed by atoms with van der Waals surface area (Å²) in [6.45, 7) is 7.42. The number of hydrogen-bond donors (Lipinski definition) is 1. The largest absolute Gasteiger partial charge is 0.357 e. The first-order valence-corrected chi connectivity index (χ1v) is 9.03. The van der Waals surface area contributed by atoms with Crippen LogP contribution in [0.1, 0.15) is 31.7 Å². The lowest BCUT2D eigenvalue weighted by Crippen LogP contribution is -2.39. The minimum atomic E-state index is 0.731. The fraction of sp³-hybridized carbons (Fsp3) is 0.632. The van der Waals surface area contributed by atoms with E-state index in [2.05, 4.69) is 59.4 Å². The molecular formula is C19H30N4. The molecule has 1 aliphatic heterocycles. The first-order chi connectivity index (χ1) is 11.3. The van der Waals surface area contributed by atoms with E-state index in [1.807, 2.05) is 0 Å². The summed E-state index contributed by atoms with van der Waals surface area (Å²) in [5, 5.41) is 3.44. The Morgan fingerprint density at radius 3 is 2.74 bits per heavy atom. The maximum Gasteiger partial charge on any atom is 0.193 e. The second-order valence-electron chi connectivity index (χ2n) is 6.92. The quantitative estimate of drug-likeness (QED) is 0.647. The van der Waals surface area contributed by atoms with Crippen molar-refractivity contribution in [1.82, 2.24) is 15.1 Å². The van der Waals surface area contributed by atoms with Gasteiger partial charge in [-0.15, -0.1) is 0 Å². The Hall–Kier alpha value is -1.55. The van der Waals surface area contributed by atoms with Gasteiger partial charge in [-0.2, -0.15) is 0 Å². The zero-order chi connectivity index (χ0) is 16.1. The molecule has 1 saturated heterocycles. The minimum Gasteiger partial charge on any atom is -0.357 e. The molecule has 0 aromatic heterocycles. The van der Waals surface area contributed by atoms with Gasteiger partial charge in [0.1, 0.15) is 0 Å². The van der Waals surface area contributed by atoms with Crippen LogP contribution in [-0.4, -0.2) is 55.0 Å². The van der Waals surface area contributed by atoms with E-state index < -0.39 is 0 Å². The fourth-order valence-corrected chi connectivity index (χ4v) is 3.40. The van der Waals surface area contributed by atoms with Crippen molar-refractivity contribution >= 4 is 5.96 Å². The molecule has 3 rings (SSSR count). The Bertz CT molecular complexity index is 509. The molecule has 1 saturated carbocycles. The summed E-state index contributed by atoms with van der Waals surface area (Å²) in [5.41, 5.74) is 1.32. The molecule has 2 aliphatic rings. The molecule has 1 atom stereocenters. The standard InChI is InChI=1S/C19H30N4/c1-3-20-19(22(2)14-16-7-5-4-6-8-16)21-13-17-11-12-23(15-17)18-9-10-18/h4-8,17-18H,3,9-15H2,1-2H3,(H,20,21). The molecule has 4 nitrogen and oxygen atoms in total. The van der Waals surface area contributed by atoms with Crippen LogP contribution in [-0.2, 0) is 6.54 Å². The summed E-state index contributed by atoms with van der Waals surface area (Å²) in [6.07, 6.45) is 4.14. The summed E-state index contributed by atoms with van der Waals surface area (Å²) in [5.74, 6) is 1.76. The molecule has 1 unspecified atom stereocenters. The molecular weight excluding hydrogens is 284 g/mol. The third kappa shape index (κ3) is 4.71. The second kappa shape index (κ2) is 7.82. The smallest absolute Gasteiger partial charge is 0.193 e. The Morgan fingerprint density at radius 2 is 2.04 bits per heavy atom. The molecule has 0 radical (unpaired) electrons. The van der Waals surface area contributed by atoms with E-state index in [4.69, 9.17) is 4.99 Å². The average Bonchev–Trinajstić information content (AvgIpc) is 3.31. The number of aliphatic imine (C=N–C) groups is 1. The van der Waals surface area contributed by atoms with Crippen molar-refractivity contribution in [3.05, 3.63) is 35.9 Å². The van der Waals surface area contributed by atoms with Gasteiger partial charge in [-0.05, 0) is 44.2 Å². The summed E-state index contributed by atoms with van der Waals surface area (Å²) in [6, 6.07) is 11.5. The van der Waals surface area contributed by atoms with Crippen LogP contribution in [0.3, 0.4) is 0 Å². The predicted molar refractivity (Wildman–Crippen MR) is 96.6 cm³/mol. The van der Waals surface area contributed by atoms with E-state index in [1.165, 1.54) is 37.9 Å². The molecule has 0 amide bonds. The van der Waals surface area contributed by atoms with E-state index >= 15 is 0 Å². The molecule has 126 valence electrons. The molecule has 1 N–H and O–H groups in total. The van der Waals surface area contributed by atoms with Gasteiger partial charge in [-0.25, -0.2) is 0 Å². The molecule has 1 aromatic carbocycles. The lowest BCUT2D eigenvalue weighted by atomic mass is 10.1. The SMILES string of the molecule is CCNC(=NCC1CCN(C2CC2)C1)N(C)Cc1ccccc1. The maximum absolute atomic E-state index is 4.91. The average molecular weight is 314 g/mol. The molecule has 1 aliphatic carbocycles. The molecule has 1 heterocycles. The lowest BCUT2D eigenvalue weighted by molar-refractivity contribution is 0.315. The van der Waals surface area contributed by atoms with Crippen LogP contribution in [0.25, 0.3) is 0 Å². The first-order valence-electron chi connectivity index (χ1n) is 9.03. The third-order valence-electron chi connectivity index (χ3n) is 4.84. The summed E-state index contributed by atoms with van der Waals surface area (Å²) >= 11 is 0. The van der Waals surface area contributed by atoms with E-state index in [9.17, 15) is 0 Å². The molecule has 23 heavy (non-hydrogen) atoms. The van der Waals surface area contributed by atoms with Gasteiger partial charge in [-0.1, -0.05) is 30.3 Å². The summed E-state index contributed by atoms with van der Waals surface area (Å²) in [4.78, 5) is 9.81. The first kappa shape index (κ1) is 16.3. The van der Waals surface area contributed by atoms with Crippen LogP contribution in [0.15, 0.2) is 35.3 Å². The highest BCUT2D eigenvalue weighted by atomic mass is 15.3. The Balaban J connectivity index is 1.54. The second-order valence-corrected chi connectivity index (χ2v) is 6.92.